The molecule has 0 fully saturated rings. The fraction of sp³-hybridized carbons (Fsp3) is 0.444. The van der Waals surface area contributed by atoms with Crippen molar-refractivity contribution in [3.05, 3.63) is 17.0 Å². The minimum Gasteiger partial charge on any atom is -0.499 e. The lowest BCUT2D eigenvalue weighted by Crippen LogP contribution is -2.31. The number of imidazole rings is 1. The maximum Gasteiger partial charge on any atom is 0.118 e. The van der Waals surface area contributed by atoms with E-state index in [1.54, 1.807) is 13.4 Å². The maximum absolute atomic E-state index is 5.15. The number of methoxy groups -OCH3 is 1. The van der Waals surface area contributed by atoms with Gasteiger partial charge in [0.1, 0.15) is 11.1 Å². The van der Waals surface area contributed by atoms with Crippen molar-refractivity contribution in [3.63, 3.8) is 0 Å². The van der Waals surface area contributed by atoms with Crippen molar-refractivity contribution < 1.29 is 4.74 Å². The average Bonchev–Trinajstić information content (AvgIpc) is 2.45. The lowest BCUT2D eigenvalue weighted by atomic mass is 10.4. The molecular formula is C9H14N2O. The van der Waals surface area contributed by atoms with E-state index in [2.05, 4.69) is 4.98 Å². The molecule has 1 heterocycles. The Morgan fingerprint density at radius 1 is 1.67 bits per heavy atom. The van der Waals surface area contributed by atoms with Gasteiger partial charge in [0.05, 0.1) is 18.8 Å². The van der Waals surface area contributed by atoms with E-state index in [4.69, 9.17) is 4.74 Å². The van der Waals surface area contributed by atoms with Gasteiger partial charge in [-0.3, -0.25) is 0 Å². The Balaban J connectivity index is 3.60. The molecule has 0 saturated carbocycles. The van der Waals surface area contributed by atoms with E-state index < -0.39 is 0 Å². The van der Waals surface area contributed by atoms with E-state index in [9.17, 15) is 0 Å². The Labute approximate surface area is 72.0 Å². The zero-order chi connectivity index (χ0) is 9.14. The third-order valence-corrected chi connectivity index (χ3v) is 1.88. The smallest absolute Gasteiger partial charge is 0.118 e. The standard InChI is InChI=1S/C9H14N2O/c1-5-8-9(7(2)12-4)11(3)6-10-8/h5-6H,1-4H3. The van der Waals surface area contributed by atoms with Crippen LogP contribution in [0.5, 0.6) is 0 Å². The Morgan fingerprint density at radius 3 is 2.83 bits per heavy atom. The molecule has 0 unspecified atom stereocenters. The number of aryl methyl sites for hydroxylation is 1. The van der Waals surface area contributed by atoms with Crippen LogP contribution in [0, 0.1) is 0 Å². The quantitative estimate of drug-likeness (QED) is 0.587. The van der Waals surface area contributed by atoms with Crippen molar-refractivity contribution in [3.8, 4) is 0 Å². The van der Waals surface area contributed by atoms with Gasteiger partial charge in [0.25, 0.3) is 0 Å². The molecule has 1 aromatic rings. The SMILES string of the molecule is CC=c1ncn(C)c1=C(C)OC. The van der Waals surface area contributed by atoms with E-state index in [1.807, 2.05) is 31.5 Å². The Morgan fingerprint density at radius 2 is 2.33 bits per heavy atom. The fourth-order valence-corrected chi connectivity index (χ4v) is 1.18. The van der Waals surface area contributed by atoms with Crippen molar-refractivity contribution in [2.24, 2.45) is 7.05 Å². The fourth-order valence-electron chi connectivity index (χ4n) is 1.18. The van der Waals surface area contributed by atoms with Gasteiger partial charge in [-0.2, -0.15) is 0 Å². The Hall–Kier alpha value is -1.25. The van der Waals surface area contributed by atoms with Gasteiger partial charge in [-0.05, 0) is 13.8 Å². The summed E-state index contributed by atoms with van der Waals surface area (Å²) in [7, 11) is 3.62. The van der Waals surface area contributed by atoms with Gasteiger partial charge >= 0.3 is 0 Å². The molecule has 0 spiro atoms. The van der Waals surface area contributed by atoms with Gasteiger partial charge < -0.3 is 9.30 Å². The van der Waals surface area contributed by atoms with E-state index in [1.165, 1.54) is 0 Å². The normalized spacial score (nSPS) is 14.8. The molecule has 0 bridgehead atoms. The molecule has 0 saturated heterocycles. The van der Waals surface area contributed by atoms with Gasteiger partial charge in [-0.25, -0.2) is 4.98 Å². The summed E-state index contributed by atoms with van der Waals surface area (Å²) >= 11 is 0. The first-order chi connectivity index (χ1) is 5.70. The number of nitrogens with zero attached hydrogens (tertiary/aromatic N) is 2. The second-order valence-electron chi connectivity index (χ2n) is 2.64. The number of rotatable bonds is 1. The summed E-state index contributed by atoms with van der Waals surface area (Å²) in [4.78, 5) is 4.21. The minimum absolute atomic E-state index is 0.892. The lowest BCUT2D eigenvalue weighted by molar-refractivity contribution is 0.358. The molecule has 0 aromatic carbocycles. The molecule has 1 rings (SSSR count). The largest absolute Gasteiger partial charge is 0.499 e. The van der Waals surface area contributed by atoms with Crippen LogP contribution in [0.25, 0.3) is 11.8 Å². The van der Waals surface area contributed by atoms with E-state index >= 15 is 0 Å². The molecule has 0 radical (unpaired) electrons. The topological polar surface area (TPSA) is 27.1 Å². The van der Waals surface area contributed by atoms with Crippen molar-refractivity contribution in [2.45, 2.75) is 13.8 Å². The molecule has 0 N–H and O–H groups in total. The van der Waals surface area contributed by atoms with Gasteiger partial charge in [0, 0.05) is 7.05 Å². The van der Waals surface area contributed by atoms with Gasteiger partial charge in [0.2, 0.25) is 0 Å². The Kier molecular flexibility index (Phi) is 2.53. The summed E-state index contributed by atoms with van der Waals surface area (Å²) in [6, 6.07) is 0. The van der Waals surface area contributed by atoms with Crippen molar-refractivity contribution >= 4 is 11.8 Å². The van der Waals surface area contributed by atoms with E-state index in [0.29, 0.717) is 0 Å². The highest BCUT2D eigenvalue weighted by molar-refractivity contribution is 5.32. The summed E-state index contributed by atoms with van der Waals surface area (Å²) in [5.41, 5.74) is 0. The van der Waals surface area contributed by atoms with Crippen molar-refractivity contribution in [1.82, 2.24) is 9.55 Å². The molecule has 0 amide bonds. The van der Waals surface area contributed by atoms with Crippen LogP contribution in [0.4, 0.5) is 0 Å². The number of hydrogen-bond acceptors (Lipinski definition) is 2. The lowest BCUT2D eigenvalue weighted by Gasteiger charge is -1.97. The van der Waals surface area contributed by atoms with E-state index in [0.717, 1.165) is 16.5 Å². The predicted molar refractivity (Wildman–Crippen MR) is 48.7 cm³/mol. The minimum atomic E-state index is 0.892. The first kappa shape index (κ1) is 8.84. The average molecular weight is 166 g/mol. The van der Waals surface area contributed by atoms with E-state index in [-0.39, 0.29) is 0 Å². The second kappa shape index (κ2) is 3.43. The van der Waals surface area contributed by atoms with Crippen LogP contribution in [-0.4, -0.2) is 16.7 Å². The monoisotopic (exact) mass is 166 g/mol. The van der Waals surface area contributed by atoms with Crippen LogP contribution in [-0.2, 0) is 11.8 Å². The zero-order valence-corrected chi connectivity index (χ0v) is 7.96. The van der Waals surface area contributed by atoms with Crippen LogP contribution in [0.2, 0.25) is 0 Å². The molecule has 0 aliphatic rings. The van der Waals surface area contributed by atoms with Crippen molar-refractivity contribution in [2.75, 3.05) is 7.11 Å². The highest BCUT2D eigenvalue weighted by atomic mass is 16.5. The molecule has 3 heteroatoms. The van der Waals surface area contributed by atoms with Crippen LogP contribution in [0.1, 0.15) is 13.8 Å². The third kappa shape index (κ3) is 1.35. The zero-order valence-electron chi connectivity index (χ0n) is 7.96. The Bertz CT molecular complexity index is 376. The summed E-state index contributed by atoms with van der Waals surface area (Å²) in [5.74, 6) is 0.892. The highest BCUT2D eigenvalue weighted by Crippen LogP contribution is 1.86. The van der Waals surface area contributed by atoms with Crippen molar-refractivity contribution in [1.29, 1.82) is 0 Å². The first-order valence-electron chi connectivity index (χ1n) is 3.89. The molecule has 1 aromatic heterocycles. The molecule has 0 aliphatic heterocycles. The molecule has 0 aliphatic carbocycles. The van der Waals surface area contributed by atoms with Gasteiger partial charge in [0.15, 0.2) is 0 Å². The van der Waals surface area contributed by atoms with Crippen LogP contribution in [0.15, 0.2) is 6.33 Å². The summed E-state index contributed by atoms with van der Waals surface area (Å²) < 4.78 is 7.11. The molecule has 0 atom stereocenters. The molecule has 3 nitrogen and oxygen atoms in total. The number of ether oxygens (including phenoxy) is 1. The molecular weight excluding hydrogens is 152 g/mol. The second-order valence-corrected chi connectivity index (χ2v) is 2.64. The van der Waals surface area contributed by atoms with Crippen LogP contribution >= 0.6 is 0 Å². The number of aromatic nitrogens is 2. The third-order valence-electron chi connectivity index (χ3n) is 1.88. The van der Waals surface area contributed by atoms with Gasteiger partial charge in [-0.1, -0.05) is 6.08 Å². The summed E-state index contributed by atoms with van der Waals surface area (Å²) in [6.07, 6.45) is 3.76. The molecule has 12 heavy (non-hydrogen) atoms. The van der Waals surface area contributed by atoms with Crippen LogP contribution < -0.4 is 10.7 Å². The predicted octanol–water partition coefficient (Wildman–Crippen LogP) is -0.00500. The van der Waals surface area contributed by atoms with Gasteiger partial charge in [-0.15, -0.1) is 0 Å². The van der Waals surface area contributed by atoms with Crippen LogP contribution in [0.3, 0.4) is 0 Å². The first-order valence-corrected chi connectivity index (χ1v) is 3.89. The maximum atomic E-state index is 5.15. The number of hydrogen-bond donors (Lipinski definition) is 0. The highest BCUT2D eigenvalue weighted by Gasteiger charge is 1.96. The molecule has 66 valence electrons. The summed E-state index contributed by atoms with van der Waals surface area (Å²) in [6.45, 7) is 3.90. The summed E-state index contributed by atoms with van der Waals surface area (Å²) in [5, 5.41) is 2.01.